The first-order valence-electron chi connectivity index (χ1n) is 5.53. The van der Waals surface area contributed by atoms with Crippen LogP contribution in [0.2, 0.25) is 5.02 Å². The third-order valence-corrected chi connectivity index (χ3v) is 3.14. The summed E-state index contributed by atoms with van der Waals surface area (Å²) >= 11 is 5.86. The van der Waals surface area contributed by atoms with E-state index in [4.69, 9.17) is 16.0 Å². The van der Waals surface area contributed by atoms with Gasteiger partial charge in [-0.05, 0) is 24.6 Å². The van der Waals surface area contributed by atoms with Gasteiger partial charge in [-0.25, -0.2) is 4.98 Å². The fraction of sp³-hybridized carbons (Fsp3) is 0.250. The first kappa shape index (κ1) is 11.2. The molecule has 18 heavy (non-hydrogen) atoms. The SMILES string of the molecule is O=C1CC[C@H](c2nc3cc(Cl)ccc3o2)C(=O)N1. The first-order chi connectivity index (χ1) is 8.63. The minimum Gasteiger partial charge on any atom is -0.440 e. The summed E-state index contributed by atoms with van der Waals surface area (Å²) in [5.74, 6) is -0.787. The largest absolute Gasteiger partial charge is 0.440 e. The number of oxazole rings is 1. The zero-order valence-electron chi connectivity index (χ0n) is 9.27. The van der Waals surface area contributed by atoms with Crippen molar-refractivity contribution in [1.29, 1.82) is 0 Å². The van der Waals surface area contributed by atoms with Crippen molar-refractivity contribution in [2.24, 2.45) is 0 Å². The Morgan fingerprint density at radius 1 is 1.39 bits per heavy atom. The van der Waals surface area contributed by atoms with Gasteiger partial charge in [0.15, 0.2) is 5.58 Å². The molecule has 1 aliphatic heterocycles. The Labute approximate surface area is 107 Å². The molecule has 3 rings (SSSR count). The van der Waals surface area contributed by atoms with Crippen LogP contribution in [0, 0.1) is 0 Å². The lowest BCUT2D eigenvalue weighted by Crippen LogP contribution is -2.39. The highest BCUT2D eigenvalue weighted by Gasteiger charge is 2.31. The van der Waals surface area contributed by atoms with E-state index in [2.05, 4.69) is 10.3 Å². The molecule has 0 spiro atoms. The number of piperidine rings is 1. The van der Waals surface area contributed by atoms with E-state index in [9.17, 15) is 9.59 Å². The van der Waals surface area contributed by atoms with Crippen LogP contribution in [0.25, 0.3) is 11.1 Å². The quantitative estimate of drug-likeness (QED) is 0.800. The molecule has 1 aromatic heterocycles. The van der Waals surface area contributed by atoms with Crippen molar-refractivity contribution >= 4 is 34.5 Å². The van der Waals surface area contributed by atoms with Crippen molar-refractivity contribution in [1.82, 2.24) is 10.3 Å². The van der Waals surface area contributed by atoms with Gasteiger partial charge in [-0.1, -0.05) is 11.6 Å². The second-order valence-electron chi connectivity index (χ2n) is 4.17. The van der Waals surface area contributed by atoms with E-state index in [0.29, 0.717) is 34.9 Å². The van der Waals surface area contributed by atoms with Gasteiger partial charge in [0.2, 0.25) is 17.7 Å². The van der Waals surface area contributed by atoms with Gasteiger partial charge in [-0.2, -0.15) is 0 Å². The number of aromatic nitrogens is 1. The number of halogens is 1. The lowest BCUT2D eigenvalue weighted by Gasteiger charge is -2.17. The summed E-state index contributed by atoms with van der Waals surface area (Å²) in [6.07, 6.45) is 0.723. The van der Waals surface area contributed by atoms with Gasteiger partial charge in [0.05, 0.1) is 0 Å². The number of amides is 2. The summed E-state index contributed by atoms with van der Waals surface area (Å²) in [4.78, 5) is 27.0. The fourth-order valence-electron chi connectivity index (χ4n) is 2.00. The Morgan fingerprint density at radius 3 is 3.00 bits per heavy atom. The van der Waals surface area contributed by atoms with Crippen LogP contribution in [0.15, 0.2) is 22.6 Å². The number of benzene rings is 1. The molecule has 2 heterocycles. The second kappa shape index (κ2) is 4.10. The van der Waals surface area contributed by atoms with Gasteiger partial charge in [0, 0.05) is 11.4 Å². The molecule has 0 saturated carbocycles. The van der Waals surface area contributed by atoms with Crippen molar-refractivity contribution < 1.29 is 14.0 Å². The van der Waals surface area contributed by atoms with E-state index >= 15 is 0 Å². The summed E-state index contributed by atoms with van der Waals surface area (Å²) in [6.45, 7) is 0. The topological polar surface area (TPSA) is 72.2 Å². The summed E-state index contributed by atoms with van der Waals surface area (Å²) in [5.41, 5.74) is 1.20. The van der Waals surface area contributed by atoms with Gasteiger partial charge in [-0.15, -0.1) is 0 Å². The van der Waals surface area contributed by atoms with Crippen LogP contribution >= 0.6 is 11.6 Å². The molecule has 2 aromatic rings. The second-order valence-corrected chi connectivity index (χ2v) is 4.60. The third kappa shape index (κ3) is 1.86. The highest BCUT2D eigenvalue weighted by molar-refractivity contribution is 6.31. The molecule has 92 valence electrons. The molecule has 0 aliphatic carbocycles. The number of fused-ring (bicyclic) bond motifs is 1. The van der Waals surface area contributed by atoms with E-state index in [1.165, 1.54) is 0 Å². The average Bonchev–Trinajstić information content (AvgIpc) is 2.71. The maximum absolute atomic E-state index is 11.7. The molecule has 1 fully saturated rings. The number of nitrogens with one attached hydrogen (secondary N) is 1. The Kier molecular flexibility index (Phi) is 2.56. The lowest BCUT2D eigenvalue weighted by atomic mass is 9.98. The van der Waals surface area contributed by atoms with Crippen LogP contribution in [0.5, 0.6) is 0 Å². The summed E-state index contributed by atoms with van der Waals surface area (Å²) in [7, 11) is 0. The van der Waals surface area contributed by atoms with Crippen LogP contribution in [0.1, 0.15) is 24.7 Å². The van der Waals surface area contributed by atoms with E-state index in [1.807, 2.05) is 0 Å². The standard InChI is InChI=1S/C12H9ClN2O3/c13-6-1-3-9-8(5-6)14-12(18-9)7-2-4-10(16)15-11(7)17/h1,3,5,7H,2,4H2,(H,15,16,17)/t7-/m0/s1. The lowest BCUT2D eigenvalue weighted by molar-refractivity contribution is -0.134. The van der Waals surface area contributed by atoms with Crippen LogP contribution in [0.3, 0.4) is 0 Å². The van der Waals surface area contributed by atoms with Crippen LogP contribution in [0.4, 0.5) is 0 Å². The van der Waals surface area contributed by atoms with E-state index in [1.54, 1.807) is 18.2 Å². The van der Waals surface area contributed by atoms with Gasteiger partial charge in [0.1, 0.15) is 11.4 Å². The molecule has 1 N–H and O–H groups in total. The molecule has 6 heteroatoms. The van der Waals surface area contributed by atoms with E-state index < -0.39 is 5.92 Å². The van der Waals surface area contributed by atoms with Crippen LogP contribution in [-0.4, -0.2) is 16.8 Å². The first-order valence-corrected chi connectivity index (χ1v) is 5.91. The van der Waals surface area contributed by atoms with Crippen molar-refractivity contribution in [3.8, 4) is 0 Å². The predicted molar refractivity (Wildman–Crippen MR) is 64.1 cm³/mol. The molecule has 1 saturated heterocycles. The molecule has 0 unspecified atom stereocenters. The molecule has 1 atom stereocenters. The van der Waals surface area contributed by atoms with Crippen molar-refractivity contribution in [2.75, 3.05) is 0 Å². The zero-order valence-corrected chi connectivity index (χ0v) is 10.0. The fourth-order valence-corrected chi connectivity index (χ4v) is 2.16. The van der Waals surface area contributed by atoms with Crippen molar-refractivity contribution in [2.45, 2.75) is 18.8 Å². The monoisotopic (exact) mass is 264 g/mol. The number of carbonyl (C=O) groups excluding carboxylic acids is 2. The van der Waals surface area contributed by atoms with Crippen LogP contribution in [-0.2, 0) is 9.59 Å². The van der Waals surface area contributed by atoms with Crippen LogP contribution < -0.4 is 5.32 Å². The summed E-state index contributed by atoms with van der Waals surface area (Å²) in [5, 5.41) is 2.84. The summed E-state index contributed by atoms with van der Waals surface area (Å²) in [6, 6.07) is 5.08. The van der Waals surface area contributed by atoms with E-state index in [0.717, 1.165) is 0 Å². The zero-order chi connectivity index (χ0) is 12.7. The van der Waals surface area contributed by atoms with Crippen molar-refractivity contribution in [3.63, 3.8) is 0 Å². The molecule has 2 amide bonds. The number of imide groups is 1. The molecule has 1 aromatic carbocycles. The Hall–Kier alpha value is -1.88. The average molecular weight is 265 g/mol. The number of hydrogen-bond acceptors (Lipinski definition) is 4. The van der Waals surface area contributed by atoms with Gasteiger partial charge in [0.25, 0.3) is 0 Å². The predicted octanol–water partition coefficient (Wildman–Crippen LogP) is 2.00. The van der Waals surface area contributed by atoms with Gasteiger partial charge < -0.3 is 4.42 Å². The maximum Gasteiger partial charge on any atom is 0.239 e. The molecular formula is C12H9ClN2O3. The van der Waals surface area contributed by atoms with Gasteiger partial charge >= 0.3 is 0 Å². The highest BCUT2D eigenvalue weighted by atomic mass is 35.5. The molecule has 0 radical (unpaired) electrons. The normalized spacial score (nSPS) is 20.2. The smallest absolute Gasteiger partial charge is 0.239 e. The molecular weight excluding hydrogens is 256 g/mol. The maximum atomic E-state index is 11.7. The molecule has 5 nitrogen and oxygen atoms in total. The third-order valence-electron chi connectivity index (χ3n) is 2.90. The Bertz CT molecular complexity index is 650. The number of rotatable bonds is 1. The molecule has 1 aliphatic rings. The number of hydrogen-bond donors (Lipinski definition) is 1. The van der Waals surface area contributed by atoms with E-state index in [-0.39, 0.29) is 11.8 Å². The minimum absolute atomic E-state index is 0.254. The number of nitrogens with zero attached hydrogens (tertiary/aromatic N) is 1. The van der Waals surface area contributed by atoms with Gasteiger partial charge in [-0.3, -0.25) is 14.9 Å². The Morgan fingerprint density at radius 2 is 2.22 bits per heavy atom. The number of carbonyl (C=O) groups is 2. The van der Waals surface area contributed by atoms with Crippen molar-refractivity contribution in [3.05, 3.63) is 29.1 Å². The highest BCUT2D eigenvalue weighted by Crippen LogP contribution is 2.28. The molecule has 0 bridgehead atoms. The minimum atomic E-state index is -0.506. The summed E-state index contributed by atoms with van der Waals surface area (Å²) < 4.78 is 5.53. The Balaban J connectivity index is 1.99.